The number of carbonyl (C=O) groups excluding carboxylic acids is 2. The predicted molar refractivity (Wildman–Crippen MR) is 96.1 cm³/mol. The minimum Gasteiger partial charge on any atom is -0.482 e. The zero-order chi connectivity index (χ0) is 17.8. The Morgan fingerprint density at radius 2 is 2.04 bits per heavy atom. The first-order valence-corrected chi connectivity index (χ1v) is 9.23. The molecular weight excluding hydrogens is 318 g/mol. The molecule has 0 aromatic heterocycles. The number of nitrogens with zero attached hydrogens (tertiary/aromatic N) is 2. The van der Waals surface area contributed by atoms with Gasteiger partial charge in [-0.2, -0.15) is 0 Å². The minimum absolute atomic E-state index is 0.0364. The highest BCUT2D eigenvalue weighted by Gasteiger charge is 2.26. The maximum atomic E-state index is 12.4. The lowest BCUT2D eigenvalue weighted by atomic mass is 10.1. The fraction of sp³-hybridized carbons (Fsp3) is 0.579. The van der Waals surface area contributed by atoms with Crippen LogP contribution in [0.2, 0.25) is 0 Å². The van der Waals surface area contributed by atoms with Gasteiger partial charge in [0.15, 0.2) is 6.61 Å². The number of rotatable bonds is 5. The highest BCUT2D eigenvalue weighted by Crippen LogP contribution is 2.32. The zero-order valence-corrected chi connectivity index (χ0v) is 15.2. The van der Waals surface area contributed by atoms with Crippen molar-refractivity contribution in [3.63, 3.8) is 0 Å². The van der Waals surface area contributed by atoms with Crippen LogP contribution in [0.5, 0.6) is 5.75 Å². The molecule has 1 N–H and O–H groups in total. The Kier molecular flexibility index (Phi) is 5.58. The summed E-state index contributed by atoms with van der Waals surface area (Å²) < 4.78 is 5.50. The molecule has 0 bridgehead atoms. The van der Waals surface area contributed by atoms with Crippen LogP contribution in [-0.2, 0) is 9.59 Å². The number of aryl methyl sites for hydroxylation is 1. The highest BCUT2D eigenvalue weighted by molar-refractivity contribution is 5.98. The van der Waals surface area contributed by atoms with Crippen LogP contribution in [0.4, 0.5) is 5.69 Å². The van der Waals surface area contributed by atoms with Crippen molar-refractivity contribution in [2.75, 3.05) is 50.8 Å². The van der Waals surface area contributed by atoms with Crippen molar-refractivity contribution in [2.24, 2.45) is 0 Å². The molecular formula is C19H28N3O3+. The quantitative estimate of drug-likeness (QED) is 0.831. The molecule has 0 radical (unpaired) electrons. The maximum Gasteiger partial charge on any atom is 0.265 e. The van der Waals surface area contributed by atoms with Crippen LogP contribution < -0.4 is 14.5 Å². The summed E-state index contributed by atoms with van der Waals surface area (Å²) in [5.74, 6) is 0.918. The molecule has 0 spiro atoms. The Balaban J connectivity index is 1.53. The van der Waals surface area contributed by atoms with E-state index in [2.05, 4.69) is 6.92 Å². The molecule has 3 rings (SSSR count). The lowest BCUT2D eigenvalue weighted by molar-refractivity contribution is -0.902. The summed E-state index contributed by atoms with van der Waals surface area (Å²) in [6, 6.07) is 5.86. The molecule has 2 aliphatic rings. The SMILES string of the molecule is CC[NH+]1CCN(C(=O)CCCN2C(=O)COc3ccc(C)cc32)CC1. The Morgan fingerprint density at radius 1 is 1.28 bits per heavy atom. The van der Waals surface area contributed by atoms with Crippen molar-refractivity contribution < 1.29 is 19.2 Å². The van der Waals surface area contributed by atoms with Crippen molar-refractivity contribution >= 4 is 17.5 Å². The van der Waals surface area contributed by atoms with Gasteiger partial charge < -0.3 is 19.4 Å². The standard InChI is InChI=1S/C19H27N3O3/c1-3-20-9-11-21(12-10-20)18(23)5-4-8-22-16-13-15(2)6-7-17(16)25-14-19(22)24/h6-7,13H,3-5,8-12,14H2,1-2H3/p+1. The van der Waals surface area contributed by atoms with Crippen LogP contribution in [0, 0.1) is 6.92 Å². The second kappa shape index (κ2) is 7.87. The van der Waals surface area contributed by atoms with Crippen LogP contribution in [-0.4, -0.2) is 62.6 Å². The first kappa shape index (κ1) is 17.7. The average molecular weight is 346 g/mol. The van der Waals surface area contributed by atoms with Gasteiger partial charge in [0.25, 0.3) is 5.91 Å². The molecule has 6 nitrogen and oxygen atoms in total. The largest absolute Gasteiger partial charge is 0.482 e. The first-order chi connectivity index (χ1) is 12.1. The summed E-state index contributed by atoms with van der Waals surface area (Å²) in [6.07, 6.45) is 1.17. The van der Waals surface area contributed by atoms with Gasteiger partial charge >= 0.3 is 0 Å². The number of nitrogens with one attached hydrogen (secondary N) is 1. The third kappa shape index (κ3) is 4.12. The summed E-state index contributed by atoms with van der Waals surface area (Å²) in [5.41, 5.74) is 1.92. The minimum atomic E-state index is -0.0364. The van der Waals surface area contributed by atoms with E-state index in [1.54, 1.807) is 9.80 Å². The Hall–Kier alpha value is -2.08. The number of quaternary nitrogens is 1. The maximum absolute atomic E-state index is 12.4. The van der Waals surface area contributed by atoms with Gasteiger partial charge in [-0.25, -0.2) is 0 Å². The Bertz CT molecular complexity index is 639. The van der Waals surface area contributed by atoms with E-state index in [-0.39, 0.29) is 18.4 Å². The lowest BCUT2D eigenvalue weighted by Crippen LogP contribution is -3.14. The number of hydrogen-bond acceptors (Lipinski definition) is 3. The molecule has 2 aliphatic heterocycles. The normalized spacial score (nSPS) is 18.1. The summed E-state index contributed by atoms with van der Waals surface area (Å²) in [4.78, 5) is 29.9. The number of carbonyl (C=O) groups is 2. The van der Waals surface area contributed by atoms with Crippen LogP contribution in [0.25, 0.3) is 0 Å². The number of anilines is 1. The van der Waals surface area contributed by atoms with Crippen molar-refractivity contribution in [3.8, 4) is 5.75 Å². The third-order valence-electron chi connectivity index (χ3n) is 5.15. The molecule has 0 aliphatic carbocycles. The number of amides is 2. The highest BCUT2D eigenvalue weighted by atomic mass is 16.5. The fourth-order valence-corrected chi connectivity index (χ4v) is 3.53. The molecule has 136 valence electrons. The molecule has 0 saturated carbocycles. The smallest absolute Gasteiger partial charge is 0.265 e. The first-order valence-electron chi connectivity index (χ1n) is 9.23. The monoisotopic (exact) mass is 346 g/mol. The van der Waals surface area contributed by atoms with Gasteiger partial charge in [0, 0.05) is 13.0 Å². The molecule has 1 aromatic rings. The van der Waals surface area contributed by atoms with Gasteiger partial charge in [-0.15, -0.1) is 0 Å². The fourth-order valence-electron chi connectivity index (χ4n) is 3.53. The lowest BCUT2D eigenvalue weighted by Gasteiger charge is -2.32. The molecule has 1 saturated heterocycles. The topological polar surface area (TPSA) is 54.3 Å². The van der Waals surface area contributed by atoms with E-state index < -0.39 is 0 Å². The molecule has 0 unspecified atom stereocenters. The molecule has 1 aromatic carbocycles. The van der Waals surface area contributed by atoms with Crippen LogP contribution in [0.1, 0.15) is 25.3 Å². The molecule has 0 atom stereocenters. The number of hydrogen-bond donors (Lipinski definition) is 1. The molecule has 6 heteroatoms. The average Bonchev–Trinajstić information content (AvgIpc) is 2.63. The predicted octanol–water partition coefficient (Wildman–Crippen LogP) is 0.248. The molecule has 1 fully saturated rings. The summed E-state index contributed by atoms with van der Waals surface area (Å²) >= 11 is 0. The van der Waals surface area contributed by atoms with Gasteiger partial charge in [-0.1, -0.05) is 6.07 Å². The molecule has 25 heavy (non-hydrogen) atoms. The summed E-state index contributed by atoms with van der Waals surface area (Å²) in [5, 5.41) is 0. The van der Waals surface area contributed by atoms with Gasteiger partial charge in [-0.05, 0) is 38.0 Å². The molecule has 2 heterocycles. The Morgan fingerprint density at radius 3 is 2.76 bits per heavy atom. The Labute approximate surface area is 149 Å². The van der Waals surface area contributed by atoms with Crippen LogP contribution in [0.3, 0.4) is 0 Å². The summed E-state index contributed by atoms with van der Waals surface area (Å²) in [7, 11) is 0. The van der Waals surface area contributed by atoms with Crippen molar-refractivity contribution in [3.05, 3.63) is 23.8 Å². The van der Waals surface area contributed by atoms with Gasteiger partial charge in [0.05, 0.1) is 38.4 Å². The van der Waals surface area contributed by atoms with E-state index in [1.165, 1.54) is 0 Å². The van der Waals surface area contributed by atoms with Gasteiger partial charge in [0.2, 0.25) is 5.91 Å². The number of likely N-dealkylation sites (N-methyl/N-ethyl adjacent to an activating group) is 1. The van der Waals surface area contributed by atoms with Crippen LogP contribution in [0.15, 0.2) is 18.2 Å². The van der Waals surface area contributed by atoms with E-state index in [0.29, 0.717) is 19.4 Å². The van der Waals surface area contributed by atoms with Gasteiger partial charge in [-0.3, -0.25) is 9.59 Å². The number of ether oxygens (including phenoxy) is 1. The summed E-state index contributed by atoms with van der Waals surface area (Å²) in [6.45, 7) is 9.72. The third-order valence-corrected chi connectivity index (χ3v) is 5.15. The zero-order valence-electron chi connectivity index (χ0n) is 15.2. The van der Waals surface area contributed by atoms with Crippen molar-refractivity contribution in [1.82, 2.24) is 4.90 Å². The van der Waals surface area contributed by atoms with E-state index in [0.717, 1.165) is 49.7 Å². The second-order valence-corrected chi connectivity index (χ2v) is 6.89. The van der Waals surface area contributed by atoms with Crippen molar-refractivity contribution in [2.45, 2.75) is 26.7 Å². The van der Waals surface area contributed by atoms with E-state index in [1.807, 2.05) is 30.0 Å². The number of benzene rings is 1. The van der Waals surface area contributed by atoms with Crippen LogP contribution >= 0.6 is 0 Å². The second-order valence-electron chi connectivity index (χ2n) is 6.89. The van der Waals surface area contributed by atoms with Crippen molar-refractivity contribution in [1.29, 1.82) is 0 Å². The number of piperazine rings is 1. The van der Waals surface area contributed by atoms with E-state index in [4.69, 9.17) is 4.74 Å². The molecule has 2 amide bonds. The van der Waals surface area contributed by atoms with E-state index >= 15 is 0 Å². The number of fused-ring (bicyclic) bond motifs is 1. The van der Waals surface area contributed by atoms with E-state index in [9.17, 15) is 9.59 Å². The van der Waals surface area contributed by atoms with Gasteiger partial charge in [0.1, 0.15) is 5.75 Å².